The van der Waals surface area contributed by atoms with Crippen LogP contribution in [0, 0.1) is 10.1 Å². The van der Waals surface area contributed by atoms with Gasteiger partial charge in [-0.3, -0.25) is 14.9 Å². The largest absolute Gasteiger partial charge is 0.465 e. The first-order valence-electron chi connectivity index (χ1n) is 8.22. The van der Waals surface area contributed by atoms with Gasteiger partial charge in [-0.15, -0.1) is 0 Å². The quantitative estimate of drug-likeness (QED) is 0.439. The maximum Gasteiger partial charge on any atom is 0.339 e. The van der Waals surface area contributed by atoms with Crippen molar-refractivity contribution in [3.05, 3.63) is 75.3 Å². The standard InChI is InChI=1S/C19H18N2O7/c1-12(17(22)20-11-13-6-4-3-5-7-13)28-19(24)15-8-14(18(23)27-2)9-16(10-15)21(25)26/h3-10,12H,11H2,1-2H3,(H,20,22)/t12-/m1/s1. The van der Waals surface area contributed by atoms with Crippen LogP contribution >= 0.6 is 0 Å². The van der Waals surface area contributed by atoms with Gasteiger partial charge in [0.05, 0.1) is 23.2 Å². The lowest BCUT2D eigenvalue weighted by Gasteiger charge is -2.14. The number of hydrogen-bond donors (Lipinski definition) is 1. The summed E-state index contributed by atoms with van der Waals surface area (Å²) in [7, 11) is 1.11. The molecule has 0 unspecified atom stereocenters. The number of ether oxygens (including phenoxy) is 2. The highest BCUT2D eigenvalue weighted by atomic mass is 16.6. The minimum absolute atomic E-state index is 0.176. The van der Waals surface area contributed by atoms with Gasteiger partial charge in [0.1, 0.15) is 0 Å². The average molecular weight is 386 g/mol. The van der Waals surface area contributed by atoms with E-state index in [0.717, 1.165) is 30.9 Å². The second-order valence-corrected chi connectivity index (χ2v) is 5.77. The van der Waals surface area contributed by atoms with Gasteiger partial charge >= 0.3 is 11.9 Å². The molecule has 0 fully saturated rings. The predicted molar refractivity (Wildman–Crippen MR) is 97.6 cm³/mol. The molecular weight excluding hydrogens is 368 g/mol. The summed E-state index contributed by atoms with van der Waals surface area (Å²) in [6.07, 6.45) is -1.14. The minimum Gasteiger partial charge on any atom is -0.465 e. The fraction of sp³-hybridized carbons (Fsp3) is 0.211. The third-order valence-corrected chi connectivity index (χ3v) is 3.75. The summed E-state index contributed by atoms with van der Waals surface area (Å²) in [4.78, 5) is 46.3. The molecule has 1 N–H and O–H groups in total. The summed E-state index contributed by atoms with van der Waals surface area (Å²) in [6.45, 7) is 1.63. The number of non-ortho nitro benzene ring substituents is 1. The smallest absolute Gasteiger partial charge is 0.339 e. The number of carbonyl (C=O) groups is 3. The van der Waals surface area contributed by atoms with Crippen LogP contribution in [0.15, 0.2) is 48.5 Å². The molecule has 0 aliphatic rings. The number of nitro benzene ring substituents is 1. The summed E-state index contributed by atoms with van der Waals surface area (Å²) in [5.74, 6) is -2.35. The molecule has 0 aliphatic carbocycles. The highest BCUT2D eigenvalue weighted by Crippen LogP contribution is 2.19. The first-order chi connectivity index (χ1) is 13.3. The Balaban J connectivity index is 2.08. The second kappa shape index (κ2) is 9.26. The molecule has 0 aromatic heterocycles. The van der Waals surface area contributed by atoms with Gasteiger partial charge in [-0.1, -0.05) is 30.3 Å². The Morgan fingerprint density at radius 3 is 2.25 bits per heavy atom. The molecule has 9 nitrogen and oxygen atoms in total. The fourth-order valence-electron chi connectivity index (χ4n) is 2.28. The van der Waals surface area contributed by atoms with Gasteiger partial charge in [-0.2, -0.15) is 0 Å². The zero-order chi connectivity index (χ0) is 20.7. The van der Waals surface area contributed by atoms with Crippen LogP contribution in [0.5, 0.6) is 0 Å². The molecule has 1 amide bonds. The third kappa shape index (κ3) is 5.37. The SMILES string of the molecule is COC(=O)c1cc(C(=O)O[C@H](C)C(=O)NCc2ccccc2)cc([N+](=O)[O-])c1. The zero-order valence-corrected chi connectivity index (χ0v) is 15.2. The number of nitro groups is 1. The number of rotatable bonds is 7. The van der Waals surface area contributed by atoms with E-state index in [1.807, 2.05) is 30.3 Å². The molecule has 0 saturated heterocycles. The first-order valence-corrected chi connectivity index (χ1v) is 8.22. The van der Waals surface area contributed by atoms with Crippen molar-refractivity contribution in [3.63, 3.8) is 0 Å². The van der Waals surface area contributed by atoms with E-state index in [9.17, 15) is 24.5 Å². The van der Waals surface area contributed by atoms with Crippen LogP contribution in [0.1, 0.15) is 33.2 Å². The number of hydrogen-bond acceptors (Lipinski definition) is 7. The van der Waals surface area contributed by atoms with E-state index in [-0.39, 0.29) is 17.7 Å². The van der Waals surface area contributed by atoms with E-state index in [2.05, 4.69) is 10.1 Å². The van der Waals surface area contributed by atoms with E-state index in [1.54, 1.807) is 0 Å². The van der Waals surface area contributed by atoms with E-state index >= 15 is 0 Å². The zero-order valence-electron chi connectivity index (χ0n) is 15.2. The van der Waals surface area contributed by atoms with Crippen molar-refractivity contribution >= 4 is 23.5 Å². The Morgan fingerprint density at radius 2 is 1.68 bits per heavy atom. The lowest BCUT2D eigenvalue weighted by molar-refractivity contribution is -0.384. The second-order valence-electron chi connectivity index (χ2n) is 5.77. The van der Waals surface area contributed by atoms with Crippen LogP contribution in [0.25, 0.3) is 0 Å². The summed E-state index contributed by atoms with van der Waals surface area (Å²) < 4.78 is 9.59. The van der Waals surface area contributed by atoms with Gasteiger partial charge in [-0.05, 0) is 18.6 Å². The van der Waals surface area contributed by atoms with Gasteiger partial charge in [0, 0.05) is 18.7 Å². The molecule has 2 rings (SSSR count). The van der Waals surface area contributed by atoms with E-state index in [1.165, 1.54) is 6.92 Å². The number of carbonyl (C=O) groups excluding carboxylic acids is 3. The number of amides is 1. The van der Waals surface area contributed by atoms with Crippen molar-refractivity contribution in [2.45, 2.75) is 19.6 Å². The number of esters is 2. The number of methoxy groups -OCH3 is 1. The number of nitrogens with one attached hydrogen (secondary N) is 1. The molecule has 0 radical (unpaired) electrons. The Morgan fingerprint density at radius 1 is 1.07 bits per heavy atom. The van der Waals surface area contributed by atoms with Crippen LogP contribution in [-0.4, -0.2) is 36.0 Å². The Hall–Kier alpha value is -3.75. The van der Waals surface area contributed by atoms with Crippen molar-refractivity contribution in [2.24, 2.45) is 0 Å². The maximum atomic E-state index is 12.3. The average Bonchev–Trinajstić information content (AvgIpc) is 2.71. The molecule has 28 heavy (non-hydrogen) atoms. The Labute approximate surface area is 160 Å². The molecule has 2 aromatic rings. The van der Waals surface area contributed by atoms with Crippen LogP contribution in [-0.2, 0) is 20.8 Å². The van der Waals surface area contributed by atoms with Crippen LogP contribution in [0.3, 0.4) is 0 Å². The molecule has 146 valence electrons. The molecule has 1 atom stereocenters. The molecule has 0 aliphatic heterocycles. The summed E-state index contributed by atoms with van der Waals surface area (Å²) >= 11 is 0. The van der Waals surface area contributed by atoms with Crippen molar-refractivity contribution in [3.8, 4) is 0 Å². The normalized spacial score (nSPS) is 11.2. The summed E-state index contributed by atoms with van der Waals surface area (Å²) in [6, 6.07) is 12.2. The molecule has 0 bridgehead atoms. The lowest BCUT2D eigenvalue weighted by atomic mass is 10.1. The Bertz CT molecular complexity index is 896. The van der Waals surface area contributed by atoms with E-state index in [0.29, 0.717) is 0 Å². The van der Waals surface area contributed by atoms with E-state index in [4.69, 9.17) is 4.74 Å². The summed E-state index contributed by atoms with van der Waals surface area (Å²) in [5, 5.41) is 13.7. The van der Waals surface area contributed by atoms with Crippen LogP contribution in [0.2, 0.25) is 0 Å². The van der Waals surface area contributed by atoms with Crippen molar-refractivity contribution in [2.75, 3.05) is 7.11 Å². The van der Waals surface area contributed by atoms with Crippen LogP contribution in [0.4, 0.5) is 5.69 Å². The number of benzene rings is 2. The van der Waals surface area contributed by atoms with Gasteiger partial charge in [0.15, 0.2) is 6.10 Å². The maximum absolute atomic E-state index is 12.3. The monoisotopic (exact) mass is 386 g/mol. The summed E-state index contributed by atoms with van der Waals surface area (Å²) in [5.41, 5.74) is -0.0195. The number of nitrogens with zero attached hydrogens (tertiary/aromatic N) is 1. The van der Waals surface area contributed by atoms with Gasteiger partial charge in [0.2, 0.25) is 0 Å². The molecule has 0 spiro atoms. The van der Waals surface area contributed by atoms with Crippen molar-refractivity contribution in [1.29, 1.82) is 0 Å². The van der Waals surface area contributed by atoms with Crippen molar-refractivity contribution in [1.82, 2.24) is 5.32 Å². The third-order valence-electron chi connectivity index (χ3n) is 3.75. The topological polar surface area (TPSA) is 125 Å². The van der Waals surface area contributed by atoms with E-state index < -0.39 is 34.6 Å². The van der Waals surface area contributed by atoms with Crippen LogP contribution < -0.4 is 5.32 Å². The molecule has 0 saturated carbocycles. The van der Waals surface area contributed by atoms with Gasteiger partial charge < -0.3 is 14.8 Å². The lowest BCUT2D eigenvalue weighted by Crippen LogP contribution is -2.35. The molecule has 2 aromatic carbocycles. The minimum atomic E-state index is -1.14. The first kappa shape index (κ1) is 20.6. The highest BCUT2D eigenvalue weighted by Gasteiger charge is 2.23. The Kier molecular flexibility index (Phi) is 6.80. The van der Waals surface area contributed by atoms with Gasteiger partial charge in [-0.25, -0.2) is 9.59 Å². The highest BCUT2D eigenvalue weighted by molar-refractivity contribution is 5.97. The molecule has 0 heterocycles. The molecule has 9 heteroatoms. The van der Waals surface area contributed by atoms with Crippen molar-refractivity contribution < 1.29 is 28.8 Å². The predicted octanol–water partition coefficient (Wildman–Crippen LogP) is 2.24. The fourth-order valence-corrected chi connectivity index (χ4v) is 2.28. The molecular formula is C19H18N2O7. The van der Waals surface area contributed by atoms with Gasteiger partial charge in [0.25, 0.3) is 11.6 Å².